The first-order chi connectivity index (χ1) is 9.70. The van der Waals surface area contributed by atoms with Crippen molar-refractivity contribution in [1.29, 1.82) is 0 Å². The number of nitrogens with one attached hydrogen (secondary N) is 1. The van der Waals surface area contributed by atoms with Gasteiger partial charge >= 0.3 is 0 Å². The van der Waals surface area contributed by atoms with E-state index in [4.69, 9.17) is 0 Å². The number of hydrogen-bond acceptors (Lipinski definition) is 5. The van der Waals surface area contributed by atoms with Crippen LogP contribution in [-0.2, 0) is 10.0 Å². The van der Waals surface area contributed by atoms with Crippen LogP contribution < -0.4 is 4.72 Å². The van der Waals surface area contributed by atoms with Crippen molar-refractivity contribution >= 4 is 48.2 Å². The molecule has 0 radical (unpaired) electrons. The van der Waals surface area contributed by atoms with Crippen LogP contribution in [0.25, 0.3) is 0 Å². The van der Waals surface area contributed by atoms with Crippen LogP contribution in [0.5, 0.6) is 0 Å². The van der Waals surface area contributed by atoms with Gasteiger partial charge in [0.15, 0.2) is 10.9 Å². The van der Waals surface area contributed by atoms with Crippen molar-refractivity contribution in [2.75, 3.05) is 4.72 Å². The van der Waals surface area contributed by atoms with Gasteiger partial charge in [0, 0.05) is 22.8 Å². The molecule has 2 aromatic rings. The highest BCUT2D eigenvalue weighted by molar-refractivity contribution is 9.10. The highest BCUT2D eigenvalue weighted by atomic mass is 79.9. The van der Waals surface area contributed by atoms with Gasteiger partial charge in [-0.2, -0.15) is 0 Å². The summed E-state index contributed by atoms with van der Waals surface area (Å²) in [7, 11) is -4.31. The van der Waals surface area contributed by atoms with Gasteiger partial charge in [0.2, 0.25) is 0 Å². The third kappa shape index (κ3) is 3.44. The Morgan fingerprint density at radius 1 is 1.38 bits per heavy atom. The lowest BCUT2D eigenvalue weighted by Gasteiger charge is -2.08. The molecule has 0 saturated carbocycles. The first-order valence-electron chi connectivity index (χ1n) is 5.34. The fourth-order valence-electron chi connectivity index (χ4n) is 1.43. The van der Waals surface area contributed by atoms with Crippen molar-refractivity contribution in [1.82, 2.24) is 4.98 Å². The van der Waals surface area contributed by atoms with E-state index in [9.17, 15) is 22.0 Å². The van der Waals surface area contributed by atoms with Crippen LogP contribution in [0.4, 0.5) is 13.9 Å². The highest BCUT2D eigenvalue weighted by Gasteiger charge is 2.25. The molecule has 0 aliphatic heterocycles. The predicted molar refractivity (Wildman–Crippen MR) is 77.0 cm³/mol. The molecule has 21 heavy (non-hydrogen) atoms. The van der Waals surface area contributed by atoms with Crippen molar-refractivity contribution in [3.8, 4) is 0 Å². The summed E-state index contributed by atoms with van der Waals surface area (Å²) < 4.78 is 52.7. The maximum atomic E-state index is 13.7. The van der Waals surface area contributed by atoms with Crippen molar-refractivity contribution in [3.05, 3.63) is 39.3 Å². The number of Topliss-reactive ketones (excluding diaryl/α,β-unsaturated/α-hetero) is 1. The molecule has 5 nitrogen and oxygen atoms in total. The second-order valence-corrected chi connectivity index (χ2v) is 7.23. The first kappa shape index (κ1) is 16.0. The average molecular weight is 397 g/mol. The zero-order valence-corrected chi connectivity index (χ0v) is 13.6. The molecule has 0 amide bonds. The van der Waals surface area contributed by atoms with Gasteiger partial charge in [0.05, 0.1) is 0 Å². The van der Waals surface area contributed by atoms with Gasteiger partial charge in [-0.25, -0.2) is 22.2 Å². The van der Waals surface area contributed by atoms with Gasteiger partial charge in [-0.3, -0.25) is 9.52 Å². The fraction of sp³-hybridized carbons (Fsp3) is 0.0909. The number of nitrogens with zero attached hydrogens (tertiary/aromatic N) is 1. The largest absolute Gasteiger partial charge is 0.293 e. The van der Waals surface area contributed by atoms with E-state index in [-0.39, 0.29) is 21.1 Å². The van der Waals surface area contributed by atoms with Gasteiger partial charge in [0.25, 0.3) is 10.0 Å². The number of sulfonamides is 1. The van der Waals surface area contributed by atoms with Crippen LogP contribution in [0.3, 0.4) is 0 Å². The molecule has 2 rings (SSSR count). The third-order valence-electron chi connectivity index (χ3n) is 2.32. The maximum Gasteiger partial charge on any atom is 0.267 e. The van der Waals surface area contributed by atoms with Crippen molar-refractivity contribution < 1.29 is 22.0 Å². The number of ketones is 1. The van der Waals surface area contributed by atoms with Gasteiger partial charge in [-0.15, -0.1) is 11.3 Å². The second kappa shape index (κ2) is 5.78. The third-order valence-corrected chi connectivity index (χ3v) is 5.51. The van der Waals surface area contributed by atoms with Crippen LogP contribution in [0.1, 0.15) is 17.4 Å². The molecule has 1 heterocycles. The van der Waals surface area contributed by atoms with E-state index in [1.165, 1.54) is 12.3 Å². The van der Waals surface area contributed by atoms with E-state index in [0.717, 1.165) is 17.4 Å². The smallest absolute Gasteiger partial charge is 0.267 e. The minimum absolute atomic E-state index is 0.0872. The van der Waals surface area contributed by atoms with Crippen LogP contribution in [-0.4, -0.2) is 19.2 Å². The Balaban J connectivity index is 2.41. The van der Waals surface area contributed by atoms with Crippen LogP contribution in [0.2, 0.25) is 0 Å². The topological polar surface area (TPSA) is 76.1 Å². The number of thiazole rings is 1. The molecule has 10 heteroatoms. The summed E-state index contributed by atoms with van der Waals surface area (Å²) in [6, 6.07) is 1.29. The molecule has 0 bridgehead atoms. The molecule has 0 aliphatic rings. The number of benzene rings is 1. The lowest BCUT2D eigenvalue weighted by atomic mass is 10.3. The monoisotopic (exact) mass is 396 g/mol. The molecule has 0 fully saturated rings. The van der Waals surface area contributed by atoms with E-state index in [0.29, 0.717) is 6.07 Å². The molecule has 0 saturated heterocycles. The zero-order valence-electron chi connectivity index (χ0n) is 10.4. The fourth-order valence-corrected chi connectivity index (χ4v) is 4.60. The minimum Gasteiger partial charge on any atom is -0.293 e. The first-order valence-corrected chi connectivity index (χ1v) is 8.50. The van der Waals surface area contributed by atoms with Gasteiger partial charge in [0.1, 0.15) is 22.2 Å². The summed E-state index contributed by atoms with van der Waals surface area (Å²) in [5.41, 5.74) is 0.0938. The lowest BCUT2D eigenvalue weighted by Crippen LogP contribution is -2.15. The molecule has 0 aliphatic carbocycles. The Kier molecular flexibility index (Phi) is 4.40. The van der Waals surface area contributed by atoms with Crippen molar-refractivity contribution in [2.24, 2.45) is 0 Å². The summed E-state index contributed by atoms with van der Waals surface area (Å²) in [4.78, 5) is 14.1. The van der Waals surface area contributed by atoms with Crippen molar-refractivity contribution in [3.63, 3.8) is 0 Å². The molecular formula is C11H7BrF2N2O3S2. The minimum atomic E-state index is -4.31. The molecule has 112 valence electrons. The number of aromatic nitrogens is 1. The van der Waals surface area contributed by atoms with E-state index in [1.807, 2.05) is 4.72 Å². The molecule has 0 atom stereocenters. The summed E-state index contributed by atoms with van der Waals surface area (Å²) in [5, 5.41) is 1.28. The number of hydrogen-bond donors (Lipinski definition) is 1. The lowest BCUT2D eigenvalue weighted by molar-refractivity contribution is 0.101. The Bertz CT molecular complexity index is 798. The number of halogens is 3. The molecule has 0 unspecified atom stereocenters. The number of carbonyl (C=O) groups excluding carboxylic acids is 1. The quantitative estimate of drug-likeness (QED) is 0.805. The Morgan fingerprint density at radius 2 is 2.05 bits per heavy atom. The number of anilines is 1. The van der Waals surface area contributed by atoms with Gasteiger partial charge < -0.3 is 0 Å². The summed E-state index contributed by atoms with van der Waals surface area (Å²) >= 11 is 3.69. The predicted octanol–water partition coefficient (Wildman–Crippen LogP) is 3.19. The molecule has 1 aromatic carbocycles. The maximum absolute atomic E-state index is 13.7. The normalized spacial score (nSPS) is 11.4. The highest BCUT2D eigenvalue weighted by Crippen LogP contribution is 2.28. The SMILES string of the molecule is CC(=O)c1csc(NS(=O)(=O)c2c(F)cc(F)cc2Br)n1. The van der Waals surface area contributed by atoms with Gasteiger partial charge in [-0.05, 0) is 22.0 Å². The van der Waals surface area contributed by atoms with Crippen LogP contribution >= 0.6 is 27.3 Å². The summed E-state index contributed by atoms with van der Waals surface area (Å²) in [6.45, 7) is 1.28. The summed E-state index contributed by atoms with van der Waals surface area (Å²) in [6.07, 6.45) is 0. The van der Waals surface area contributed by atoms with Crippen LogP contribution in [0, 0.1) is 11.6 Å². The van der Waals surface area contributed by atoms with E-state index >= 15 is 0 Å². The molecule has 0 spiro atoms. The van der Waals surface area contributed by atoms with Crippen LogP contribution in [0.15, 0.2) is 26.9 Å². The summed E-state index contributed by atoms with van der Waals surface area (Å²) in [5.74, 6) is -2.48. The number of rotatable bonds is 4. The van der Waals surface area contributed by atoms with E-state index in [2.05, 4.69) is 20.9 Å². The second-order valence-electron chi connectivity index (χ2n) is 3.90. The molecule has 1 aromatic heterocycles. The Hall–Kier alpha value is -1.39. The molecular weight excluding hydrogens is 390 g/mol. The Labute approximate surface area is 131 Å². The van der Waals surface area contributed by atoms with Gasteiger partial charge in [-0.1, -0.05) is 0 Å². The average Bonchev–Trinajstić information content (AvgIpc) is 2.74. The van der Waals surface area contributed by atoms with E-state index < -0.39 is 26.6 Å². The Morgan fingerprint density at radius 3 is 2.57 bits per heavy atom. The van der Waals surface area contributed by atoms with Crippen molar-refractivity contribution in [2.45, 2.75) is 11.8 Å². The van der Waals surface area contributed by atoms with E-state index in [1.54, 1.807) is 0 Å². The standard InChI is InChI=1S/C11H7BrF2N2O3S2/c1-5(17)9-4-20-11(15-9)16-21(18,19)10-7(12)2-6(13)3-8(10)14/h2-4H,1H3,(H,15,16). The number of carbonyl (C=O) groups is 1. The molecule has 1 N–H and O–H groups in total. The zero-order chi connectivity index (χ0) is 15.8.